The highest BCUT2D eigenvalue weighted by atomic mass is 16.5. The van der Waals surface area contributed by atoms with Crippen LogP contribution in [0.4, 0.5) is 0 Å². The van der Waals surface area contributed by atoms with Crippen molar-refractivity contribution in [3.8, 4) is 0 Å². The average molecular weight is 710 g/mol. The zero-order valence-electron chi connectivity index (χ0n) is 31.9. The molecule has 0 saturated heterocycles. The van der Waals surface area contributed by atoms with Gasteiger partial charge in [-0.2, -0.15) is 0 Å². The van der Waals surface area contributed by atoms with E-state index in [1.165, 1.54) is 89.5 Å². The Bertz CT molecular complexity index is 1550. The number of hydrogen-bond acceptors (Lipinski definition) is 6. The molecule has 0 spiro atoms. The Kier molecular flexibility index (Phi) is 13.8. The molecule has 3 N–H and O–H groups in total. The third-order valence-corrected chi connectivity index (χ3v) is 13.3. The predicted molar refractivity (Wildman–Crippen MR) is 208 cm³/mol. The molecule has 7 nitrogen and oxygen atoms in total. The molecule has 0 aromatic carbocycles. The Balaban J connectivity index is 1.16. The van der Waals surface area contributed by atoms with Crippen molar-refractivity contribution in [1.82, 2.24) is 10.8 Å². The third-order valence-electron chi connectivity index (χ3n) is 13.3. The lowest BCUT2D eigenvalue weighted by Crippen LogP contribution is -2.30. The second-order valence-electron chi connectivity index (χ2n) is 16.7. The van der Waals surface area contributed by atoms with E-state index in [1.807, 2.05) is 6.92 Å². The maximum atomic E-state index is 13.3. The topological polar surface area (TPSA) is 108 Å². The predicted octanol–water partition coefficient (Wildman–Crippen LogP) is 10.1. The Morgan fingerprint density at radius 1 is 0.827 bits per heavy atom. The SMILES string of the molecule is CC(=O)/C1=C(C)/C2=C/CC\C=C(NC3=CCC/C=C(\C4CCC5CCCC(CCCC(=O)NO)CC5CC4)C=C3)\N=C\2C(C2CCCC2)CCC1=O. The van der Waals surface area contributed by atoms with Gasteiger partial charge in [-0.05, 0) is 162 Å². The summed E-state index contributed by atoms with van der Waals surface area (Å²) >= 11 is 0. The molecule has 1 heterocycles. The standard InChI is InChI=1S/C45H63N3O4/c1-30-39-18-7-8-19-42(47-45(39)40(36-14-3-4-15-36)27-28-41(50)44(30)31(2)49)46-38-17-6-5-13-33(25-26-38)35-22-21-34-16-9-11-32(29-37(34)24-23-35)12-10-20-43(51)48-52/h13,17-19,25-26,32,34-37,40,46,52H,3-12,14-16,20-24,27-29H2,1-2H3,(H,48,51)/b26-25?,33-13-,38-17?,39-18-,42-19+,44-30-,47-45-. The molecule has 5 aliphatic carbocycles. The third kappa shape index (κ3) is 9.80. The number of aliphatic imine (C=N–C) groups is 1. The highest BCUT2D eigenvalue weighted by molar-refractivity contribution is 6.23. The van der Waals surface area contributed by atoms with E-state index in [-0.39, 0.29) is 23.4 Å². The molecule has 0 radical (unpaired) electrons. The summed E-state index contributed by atoms with van der Waals surface area (Å²) in [6.07, 6.45) is 36.3. The molecule has 1 aliphatic heterocycles. The lowest BCUT2D eigenvalue weighted by Gasteiger charge is -2.31. The van der Waals surface area contributed by atoms with Crippen LogP contribution in [0.3, 0.4) is 0 Å². The summed E-state index contributed by atoms with van der Waals surface area (Å²) in [7, 11) is 0. The van der Waals surface area contributed by atoms with Crippen LogP contribution in [0.5, 0.6) is 0 Å². The van der Waals surface area contributed by atoms with E-state index in [0.717, 1.165) is 85.2 Å². The van der Waals surface area contributed by atoms with Crippen LogP contribution in [0.15, 0.2) is 75.3 Å². The first kappa shape index (κ1) is 38.4. The van der Waals surface area contributed by atoms with E-state index >= 15 is 0 Å². The van der Waals surface area contributed by atoms with Crippen LogP contribution in [0.25, 0.3) is 0 Å². The van der Waals surface area contributed by atoms with Gasteiger partial charge < -0.3 is 5.32 Å². The maximum absolute atomic E-state index is 13.3. The van der Waals surface area contributed by atoms with Gasteiger partial charge in [-0.15, -0.1) is 0 Å². The van der Waals surface area contributed by atoms with Crippen LogP contribution in [-0.4, -0.2) is 28.4 Å². The summed E-state index contributed by atoms with van der Waals surface area (Å²) < 4.78 is 0. The van der Waals surface area contributed by atoms with Crippen molar-refractivity contribution in [2.45, 2.75) is 149 Å². The lowest BCUT2D eigenvalue weighted by molar-refractivity contribution is -0.129. The fourth-order valence-corrected chi connectivity index (χ4v) is 10.6. The smallest absolute Gasteiger partial charge is 0.243 e. The summed E-state index contributed by atoms with van der Waals surface area (Å²) in [6, 6.07) is 0. The van der Waals surface area contributed by atoms with Gasteiger partial charge in [-0.3, -0.25) is 19.6 Å². The molecule has 6 aliphatic rings. The van der Waals surface area contributed by atoms with Crippen molar-refractivity contribution in [1.29, 1.82) is 0 Å². The van der Waals surface area contributed by atoms with Gasteiger partial charge in [-0.25, -0.2) is 10.5 Å². The van der Waals surface area contributed by atoms with Crippen LogP contribution >= 0.6 is 0 Å². The van der Waals surface area contributed by atoms with Crippen molar-refractivity contribution in [2.75, 3.05) is 0 Å². The number of nitrogens with zero attached hydrogens (tertiary/aromatic N) is 1. The lowest BCUT2D eigenvalue weighted by atomic mass is 9.75. The zero-order chi connectivity index (χ0) is 36.5. The van der Waals surface area contributed by atoms with Gasteiger partial charge >= 0.3 is 0 Å². The number of nitrogens with one attached hydrogen (secondary N) is 2. The van der Waals surface area contributed by atoms with Crippen LogP contribution in [0, 0.1) is 35.5 Å². The van der Waals surface area contributed by atoms with Gasteiger partial charge in [0.1, 0.15) is 5.82 Å². The minimum Gasteiger partial charge on any atom is -0.341 e. The number of Topliss-reactive ketones (excluding diaryl/α,β-unsaturated/α-hetero) is 2. The largest absolute Gasteiger partial charge is 0.341 e. The van der Waals surface area contributed by atoms with Crippen LogP contribution in [0.1, 0.15) is 149 Å². The van der Waals surface area contributed by atoms with Gasteiger partial charge in [0.05, 0.1) is 11.3 Å². The van der Waals surface area contributed by atoms with Crippen molar-refractivity contribution in [2.24, 2.45) is 40.5 Å². The number of fused-ring (bicyclic) bond motifs is 2. The molecular weight excluding hydrogens is 647 g/mol. The Labute approximate surface area is 312 Å². The number of amides is 1. The molecule has 52 heavy (non-hydrogen) atoms. The normalized spacial score (nSPS) is 34.8. The first-order chi connectivity index (χ1) is 25.3. The average Bonchev–Trinajstić information content (AvgIpc) is 3.47. The molecule has 3 fully saturated rings. The molecule has 282 valence electrons. The molecule has 3 saturated carbocycles. The van der Waals surface area contributed by atoms with Gasteiger partial charge in [0, 0.05) is 24.5 Å². The van der Waals surface area contributed by atoms with Crippen LogP contribution < -0.4 is 10.8 Å². The summed E-state index contributed by atoms with van der Waals surface area (Å²) in [5.74, 6) is 4.11. The van der Waals surface area contributed by atoms with Crippen LogP contribution in [-0.2, 0) is 14.4 Å². The molecule has 1 amide bonds. The van der Waals surface area contributed by atoms with E-state index in [2.05, 4.69) is 41.8 Å². The molecule has 5 unspecified atom stereocenters. The molecule has 5 atom stereocenters. The number of carbonyl (C=O) groups excluding carboxylic acids is 3. The fourth-order valence-electron chi connectivity index (χ4n) is 10.6. The number of allylic oxidation sites excluding steroid dienone is 10. The van der Waals surface area contributed by atoms with Crippen molar-refractivity contribution < 1.29 is 19.6 Å². The van der Waals surface area contributed by atoms with Crippen molar-refractivity contribution >= 4 is 23.2 Å². The zero-order valence-corrected chi connectivity index (χ0v) is 31.9. The molecule has 0 aromatic heterocycles. The van der Waals surface area contributed by atoms with Crippen LogP contribution in [0.2, 0.25) is 0 Å². The number of hydroxylamine groups is 1. The molecular formula is C45H63N3O4. The Morgan fingerprint density at radius 2 is 1.56 bits per heavy atom. The second-order valence-corrected chi connectivity index (χ2v) is 16.7. The van der Waals surface area contributed by atoms with Gasteiger partial charge in [0.2, 0.25) is 5.91 Å². The molecule has 0 aromatic rings. The first-order valence-corrected chi connectivity index (χ1v) is 20.8. The van der Waals surface area contributed by atoms with Gasteiger partial charge in [0.25, 0.3) is 0 Å². The molecule has 6 rings (SSSR count). The summed E-state index contributed by atoms with van der Waals surface area (Å²) in [4.78, 5) is 43.0. The van der Waals surface area contributed by atoms with E-state index in [9.17, 15) is 14.4 Å². The van der Waals surface area contributed by atoms with Gasteiger partial charge in [0.15, 0.2) is 11.6 Å². The summed E-state index contributed by atoms with van der Waals surface area (Å²) in [6.45, 7) is 3.49. The quantitative estimate of drug-likeness (QED) is 0.125. The summed E-state index contributed by atoms with van der Waals surface area (Å²) in [5, 5.41) is 12.6. The molecule has 0 bridgehead atoms. The summed E-state index contributed by atoms with van der Waals surface area (Å²) in [5.41, 5.74) is 7.62. The highest BCUT2D eigenvalue weighted by Crippen LogP contribution is 2.45. The fraction of sp³-hybridized carbons (Fsp3) is 0.644. The number of carbonyl (C=O) groups is 3. The molecule has 7 heteroatoms. The van der Waals surface area contributed by atoms with Crippen molar-refractivity contribution in [3.63, 3.8) is 0 Å². The first-order valence-electron chi connectivity index (χ1n) is 20.8. The van der Waals surface area contributed by atoms with E-state index in [1.54, 1.807) is 5.48 Å². The van der Waals surface area contributed by atoms with E-state index in [4.69, 9.17) is 10.2 Å². The number of rotatable bonds is 9. The number of hydrogen-bond donors (Lipinski definition) is 3. The van der Waals surface area contributed by atoms with Gasteiger partial charge in [-0.1, -0.05) is 56.4 Å². The minimum absolute atomic E-state index is 0.00769. The Morgan fingerprint density at radius 3 is 2.35 bits per heavy atom. The highest BCUT2D eigenvalue weighted by Gasteiger charge is 2.36. The van der Waals surface area contributed by atoms with E-state index < -0.39 is 0 Å². The second kappa shape index (κ2) is 18.6. The van der Waals surface area contributed by atoms with E-state index in [0.29, 0.717) is 36.2 Å². The number of ketones is 2. The maximum Gasteiger partial charge on any atom is 0.243 e. The minimum atomic E-state index is -0.267. The Hall–Kier alpha value is -3.32. The monoisotopic (exact) mass is 709 g/mol. The van der Waals surface area contributed by atoms with Crippen molar-refractivity contribution in [3.05, 3.63) is 70.3 Å².